The quantitative estimate of drug-likeness (QED) is 0.770. The molecule has 1 aliphatic heterocycles. The lowest BCUT2D eigenvalue weighted by molar-refractivity contribution is 0.151. The van der Waals surface area contributed by atoms with Crippen LogP contribution in [0, 0.1) is 0 Å². The fourth-order valence-corrected chi connectivity index (χ4v) is 5.17. The lowest BCUT2D eigenvalue weighted by Gasteiger charge is -2.32. The van der Waals surface area contributed by atoms with E-state index in [1.807, 2.05) is 24.3 Å². The van der Waals surface area contributed by atoms with Gasteiger partial charge >= 0.3 is 0 Å². The summed E-state index contributed by atoms with van der Waals surface area (Å²) in [5.74, 6) is -0.172. The number of hydrogen-bond donors (Lipinski definition) is 2. The predicted molar refractivity (Wildman–Crippen MR) is 93.6 cm³/mol. The zero-order chi connectivity index (χ0) is 17.0. The number of likely N-dealkylation sites (N-methyl/N-ethyl adjacent to an activating group) is 1. The van der Waals surface area contributed by atoms with E-state index in [0.717, 1.165) is 18.7 Å². The first-order chi connectivity index (χ1) is 10.9. The molecule has 1 saturated heterocycles. The molecule has 1 aromatic carbocycles. The maximum atomic E-state index is 11.6. The number of nitrogens with zero attached hydrogens (tertiary/aromatic N) is 1. The van der Waals surface area contributed by atoms with E-state index in [1.165, 1.54) is 0 Å². The van der Waals surface area contributed by atoms with Crippen LogP contribution in [0.15, 0.2) is 24.3 Å². The Morgan fingerprint density at radius 2 is 1.96 bits per heavy atom. The molecule has 2 rings (SSSR count). The molecule has 1 aromatic rings. The average molecular weight is 361 g/mol. The first-order valence-electron chi connectivity index (χ1n) is 7.98. The number of rotatable bonds is 7. The van der Waals surface area contributed by atoms with E-state index in [2.05, 4.69) is 24.1 Å². The highest BCUT2D eigenvalue weighted by Gasteiger charge is 2.36. The van der Waals surface area contributed by atoms with Crippen molar-refractivity contribution >= 4 is 21.4 Å². The monoisotopic (exact) mass is 360 g/mol. The summed E-state index contributed by atoms with van der Waals surface area (Å²) in [6, 6.07) is 7.32. The number of benzene rings is 1. The Labute approximate surface area is 143 Å². The second-order valence-electron chi connectivity index (χ2n) is 5.92. The topological polar surface area (TPSA) is 69.6 Å². The lowest BCUT2D eigenvalue weighted by atomic mass is 10.0. The molecule has 130 valence electrons. The summed E-state index contributed by atoms with van der Waals surface area (Å²) in [6.45, 7) is 6.44. The van der Waals surface area contributed by atoms with Gasteiger partial charge in [0.05, 0.1) is 17.6 Å². The third-order valence-electron chi connectivity index (χ3n) is 4.41. The molecule has 2 N–H and O–H groups in total. The molecule has 0 aliphatic carbocycles. The summed E-state index contributed by atoms with van der Waals surface area (Å²) < 4.78 is 23.3. The van der Waals surface area contributed by atoms with Crippen molar-refractivity contribution in [3.8, 4) is 0 Å². The number of aliphatic hydroxyl groups excluding tert-OH is 1. The molecular formula is C16H25ClN2O3S. The Morgan fingerprint density at radius 1 is 1.30 bits per heavy atom. The van der Waals surface area contributed by atoms with Crippen molar-refractivity contribution in [2.75, 3.05) is 31.1 Å². The second-order valence-corrected chi connectivity index (χ2v) is 8.48. The zero-order valence-electron chi connectivity index (χ0n) is 13.6. The van der Waals surface area contributed by atoms with Crippen LogP contribution < -0.4 is 5.32 Å². The second kappa shape index (κ2) is 7.94. The number of sulfone groups is 1. The fraction of sp³-hybridized carbons (Fsp3) is 0.625. The minimum Gasteiger partial charge on any atom is -0.390 e. The largest absolute Gasteiger partial charge is 0.390 e. The molecule has 0 saturated carbocycles. The SMILES string of the molecule is CCN(CC)[C@H](CN[C@H]1CS(=O)(=O)C[C@H]1O)c1ccccc1Cl. The van der Waals surface area contributed by atoms with Crippen molar-refractivity contribution < 1.29 is 13.5 Å². The number of hydrogen-bond acceptors (Lipinski definition) is 5. The lowest BCUT2D eigenvalue weighted by Crippen LogP contribution is -2.44. The molecule has 1 fully saturated rings. The molecule has 7 heteroatoms. The smallest absolute Gasteiger partial charge is 0.154 e. The summed E-state index contributed by atoms with van der Waals surface area (Å²) in [4.78, 5) is 2.27. The molecule has 3 atom stereocenters. The Kier molecular flexibility index (Phi) is 6.45. The van der Waals surface area contributed by atoms with Crippen molar-refractivity contribution in [2.24, 2.45) is 0 Å². The molecule has 0 spiro atoms. The average Bonchev–Trinajstić information content (AvgIpc) is 2.77. The van der Waals surface area contributed by atoms with Gasteiger partial charge in [0.15, 0.2) is 9.84 Å². The van der Waals surface area contributed by atoms with E-state index >= 15 is 0 Å². The van der Waals surface area contributed by atoms with Gasteiger partial charge in [0, 0.05) is 23.7 Å². The van der Waals surface area contributed by atoms with Crippen molar-refractivity contribution in [1.29, 1.82) is 0 Å². The van der Waals surface area contributed by atoms with Crippen LogP contribution >= 0.6 is 11.6 Å². The minimum atomic E-state index is -3.15. The summed E-state index contributed by atoms with van der Waals surface area (Å²) in [5, 5.41) is 13.9. The van der Waals surface area contributed by atoms with E-state index in [1.54, 1.807) is 0 Å². The fourth-order valence-electron chi connectivity index (χ4n) is 3.13. The Bertz CT molecular complexity index is 620. The van der Waals surface area contributed by atoms with Crippen molar-refractivity contribution in [3.05, 3.63) is 34.9 Å². The summed E-state index contributed by atoms with van der Waals surface area (Å²) in [7, 11) is -3.15. The first kappa shape index (κ1) is 18.7. The summed E-state index contributed by atoms with van der Waals surface area (Å²) in [6.07, 6.45) is -0.844. The third-order valence-corrected chi connectivity index (χ3v) is 6.47. The maximum Gasteiger partial charge on any atom is 0.154 e. The van der Waals surface area contributed by atoms with Gasteiger partial charge < -0.3 is 10.4 Å². The van der Waals surface area contributed by atoms with Crippen LogP contribution in [-0.2, 0) is 9.84 Å². The highest BCUT2D eigenvalue weighted by molar-refractivity contribution is 7.91. The van der Waals surface area contributed by atoms with Crippen LogP contribution in [0.1, 0.15) is 25.5 Å². The molecule has 5 nitrogen and oxygen atoms in total. The molecule has 0 amide bonds. The number of aliphatic hydroxyl groups is 1. The van der Waals surface area contributed by atoms with Crippen molar-refractivity contribution in [3.63, 3.8) is 0 Å². The molecule has 23 heavy (non-hydrogen) atoms. The first-order valence-corrected chi connectivity index (χ1v) is 10.2. The van der Waals surface area contributed by atoms with Gasteiger partial charge in [-0.25, -0.2) is 8.42 Å². The van der Waals surface area contributed by atoms with Gasteiger partial charge in [-0.15, -0.1) is 0 Å². The Hall–Kier alpha value is -0.660. The van der Waals surface area contributed by atoms with E-state index < -0.39 is 22.0 Å². The van der Waals surface area contributed by atoms with Gasteiger partial charge in [0.25, 0.3) is 0 Å². The van der Waals surface area contributed by atoms with Crippen LogP contribution in [0.4, 0.5) is 0 Å². The highest BCUT2D eigenvalue weighted by atomic mass is 35.5. The van der Waals surface area contributed by atoms with Crippen molar-refractivity contribution in [1.82, 2.24) is 10.2 Å². The zero-order valence-corrected chi connectivity index (χ0v) is 15.1. The van der Waals surface area contributed by atoms with Gasteiger partial charge in [-0.2, -0.15) is 0 Å². The van der Waals surface area contributed by atoms with Crippen LogP contribution in [0.2, 0.25) is 5.02 Å². The molecular weight excluding hydrogens is 336 g/mol. The van der Waals surface area contributed by atoms with E-state index in [0.29, 0.717) is 11.6 Å². The highest BCUT2D eigenvalue weighted by Crippen LogP contribution is 2.27. The third kappa shape index (κ3) is 4.67. The normalized spacial score (nSPS) is 24.9. The van der Waals surface area contributed by atoms with Crippen molar-refractivity contribution in [2.45, 2.75) is 32.0 Å². The van der Waals surface area contributed by atoms with Gasteiger partial charge in [-0.1, -0.05) is 43.6 Å². The maximum absolute atomic E-state index is 11.6. The molecule has 1 heterocycles. The van der Waals surface area contributed by atoms with E-state index in [9.17, 15) is 13.5 Å². The number of nitrogens with one attached hydrogen (secondary N) is 1. The van der Waals surface area contributed by atoms with Gasteiger partial charge in [0.1, 0.15) is 0 Å². The Morgan fingerprint density at radius 3 is 2.48 bits per heavy atom. The number of halogens is 1. The minimum absolute atomic E-state index is 0.0122. The van der Waals surface area contributed by atoms with Crippen LogP contribution in [0.25, 0.3) is 0 Å². The standard InChI is InChI=1S/C16H25ClN2O3S/c1-3-19(4-2)15(12-7-5-6-8-13(12)17)9-18-14-10-23(21,22)11-16(14)20/h5-8,14-16,18,20H,3-4,9-11H2,1-2H3/t14-,15+,16+/m0/s1. The van der Waals surface area contributed by atoms with E-state index in [4.69, 9.17) is 11.6 Å². The van der Waals surface area contributed by atoms with Gasteiger partial charge in [-0.3, -0.25) is 4.90 Å². The van der Waals surface area contributed by atoms with Crippen LogP contribution in [0.5, 0.6) is 0 Å². The van der Waals surface area contributed by atoms with Gasteiger partial charge in [0.2, 0.25) is 0 Å². The summed E-state index contributed by atoms with van der Waals surface area (Å²) in [5.41, 5.74) is 1.01. The molecule has 0 bridgehead atoms. The summed E-state index contributed by atoms with van der Waals surface area (Å²) >= 11 is 6.35. The van der Waals surface area contributed by atoms with E-state index in [-0.39, 0.29) is 17.5 Å². The Balaban J connectivity index is 2.14. The predicted octanol–water partition coefficient (Wildman–Crippen LogP) is 1.47. The molecule has 0 aromatic heterocycles. The van der Waals surface area contributed by atoms with Crippen LogP contribution in [0.3, 0.4) is 0 Å². The van der Waals surface area contributed by atoms with Crippen LogP contribution in [-0.4, -0.2) is 61.7 Å². The molecule has 0 radical (unpaired) electrons. The molecule has 1 aliphatic rings. The van der Waals surface area contributed by atoms with Gasteiger partial charge in [-0.05, 0) is 24.7 Å². The molecule has 0 unspecified atom stereocenters.